The number of fused-ring (bicyclic) bond motifs is 1. The first-order valence-corrected chi connectivity index (χ1v) is 8.66. The number of ether oxygens (including phenoxy) is 2. The highest BCUT2D eigenvalue weighted by molar-refractivity contribution is 5.82. The van der Waals surface area contributed by atoms with Gasteiger partial charge in [-0.05, 0) is 44.3 Å². The molecule has 3 rings (SSSR count). The second-order valence-electron chi connectivity index (χ2n) is 6.49. The molecule has 138 valence electrons. The molecule has 0 saturated heterocycles. The van der Waals surface area contributed by atoms with Crippen LogP contribution >= 0.6 is 0 Å². The summed E-state index contributed by atoms with van der Waals surface area (Å²) in [5.74, 6) is 1.47. The van der Waals surface area contributed by atoms with Crippen molar-refractivity contribution in [3.8, 4) is 22.8 Å². The first kappa shape index (κ1) is 18.1. The Labute approximate surface area is 154 Å². The van der Waals surface area contributed by atoms with Gasteiger partial charge in [-0.1, -0.05) is 19.1 Å². The van der Waals surface area contributed by atoms with Gasteiger partial charge in [-0.25, -0.2) is 4.52 Å². The summed E-state index contributed by atoms with van der Waals surface area (Å²) in [5.41, 5.74) is 11.9. The van der Waals surface area contributed by atoms with Crippen molar-refractivity contribution < 1.29 is 9.47 Å². The molecular formula is C20H26N4O2. The molecule has 0 aliphatic heterocycles. The fourth-order valence-electron chi connectivity index (χ4n) is 3.31. The van der Waals surface area contributed by atoms with Gasteiger partial charge in [-0.15, -0.1) is 0 Å². The molecule has 0 atom stereocenters. The lowest BCUT2D eigenvalue weighted by Crippen LogP contribution is -2.12. The van der Waals surface area contributed by atoms with Crippen molar-refractivity contribution in [3.63, 3.8) is 0 Å². The molecule has 2 heterocycles. The molecule has 0 saturated carbocycles. The Balaban J connectivity index is 2.36. The van der Waals surface area contributed by atoms with E-state index in [0.717, 1.165) is 58.2 Å². The van der Waals surface area contributed by atoms with Crippen LogP contribution in [0.5, 0.6) is 11.5 Å². The van der Waals surface area contributed by atoms with Gasteiger partial charge in [0, 0.05) is 6.54 Å². The summed E-state index contributed by atoms with van der Waals surface area (Å²) in [4.78, 5) is 2.12. The van der Waals surface area contributed by atoms with E-state index in [1.165, 1.54) is 0 Å². The molecule has 0 unspecified atom stereocenters. The van der Waals surface area contributed by atoms with Crippen molar-refractivity contribution in [2.45, 2.75) is 19.9 Å². The van der Waals surface area contributed by atoms with Gasteiger partial charge >= 0.3 is 0 Å². The molecule has 0 fully saturated rings. The van der Waals surface area contributed by atoms with Crippen LogP contribution in [0.25, 0.3) is 16.8 Å². The fraction of sp³-hybridized carbons (Fsp3) is 0.350. The monoisotopic (exact) mass is 354 g/mol. The van der Waals surface area contributed by atoms with Gasteiger partial charge < -0.3 is 20.1 Å². The summed E-state index contributed by atoms with van der Waals surface area (Å²) in [7, 11) is 7.40. The number of benzene rings is 1. The maximum absolute atomic E-state index is 6.45. The van der Waals surface area contributed by atoms with E-state index in [9.17, 15) is 0 Å². The Hall–Kier alpha value is -2.73. The minimum Gasteiger partial charge on any atom is -0.496 e. The molecule has 6 heteroatoms. The Morgan fingerprint density at radius 1 is 1.08 bits per heavy atom. The number of nitrogen functional groups attached to an aromatic ring is 1. The summed E-state index contributed by atoms with van der Waals surface area (Å²) in [6, 6.07) is 9.91. The Morgan fingerprint density at radius 2 is 1.73 bits per heavy atom. The van der Waals surface area contributed by atoms with Crippen LogP contribution < -0.4 is 15.2 Å². The number of hydrogen-bond donors (Lipinski definition) is 1. The predicted octanol–water partition coefficient (Wildman–Crippen LogP) is 3.22. The van der Waals surface area contributed by atoms with E-state index in [4.69, 9.17) is 20.3 Å². The van der Waals surface area contributed by atoms with Crippen molar-refractivity contribution in [3.05, 3.63) is 41.6 Å². The number of pyridine rings is 1. The minimum atomic E-state index is 0.734. The highest BCUT2D eigenvalue weighted by Gasteiger charge is 2.20. The molecule has 3 aromatic rings. The number of nitrogens with two attached hydrogens (primary N) is 1. The van der Waals surface area contributed by atoms with Gasteiger partial charge in [0.05, 0.1) is 42.4 Å². The van der Waals surface area contributed by atoms with Crippen LogP contribution in [0.2, 0.25) is 0 Å². The summed E-state index contributed by atoms with van der Waals surface area (Å²) < 4.78 is 13.1. The normalized spacial score (nSPS) is 11.3. The second-order valence-corrected chi connectivity index (χ2v) is 6.49. The second kappa shape index (κ2) is 7.25. The number of nitrogens with zero attached hydrogens (tertiary/aromatic N) is 3. The zero-order valence-corrected chi connectivity index (χ0v) is 16.0. The summed E-state index contributed by atoms with van der Waals surface area (Å²) in [6.07, 6.45) is 0.775. The zero-order valence-electron chi connectivity index (χ0n) is 16.0. The SMILES string of the molecule is CCc1nn2c(-c3c(OC)cccc3OC)ccc(CN(C)C)c2c1N. The molecule has 0 spiro atoms. The van der Waals surface area contributed by atoms with E-state index in [1.54, 1.807) is 14.2 Å². The summed E-state index contributed by atoms with van der Waals surface area (Å²) >= 11 is 0. The van der Waals surface area contributed by atoms with E-state index in [-0.39, 0.29) is 0 Å². The molecule has 2 aromatic heterocycles. The third-order valence-corrected chi connectivity index (χ3v) is 4.48. The van der Waals surface area contributed by atoms with Crippen LogP contribution in [0, 0.1) is 0 Å². The molecule has 0 aliphatic carbocycles. The molecule has 1 aromatic carbocycles. The lowest BCUT2D eigenvalue weighted by Gasteiger charge is -2.17. The van der Waals surface area contributed by atoms with E-state index in [0.29, 0.717) is 0 Å². The third kappa shape index (κ3) is 2.97. The largest absolute Gasteiger partial charge is 0.496 e. The number of aromatic nitrogens is 2. The van der Waals surface area contributed by atoms with Gasteiger partial charge in [-0.2, -0.15) is 5.10 Å². The lowest BCUT2D eigenvalue weighted by atomic mass is 10.1. The predicted molar refractivity (Wildman–Crippen MR) is 105 cm³/mol. The molecule has 0 radical (unpaired) electrons. The van der Waals surface area contributed by atoms with Crippen molar-refractivity contribution in [1.82, 2.24) is 14.5 Å². The van der Waals surface area contributed by atoms with Gasteiger partial charge in [0.25, 0.3) is 0 Å². The number of hydrogen-bond acceptors (Lipinski definition) is 5. The molecule has 0 amide bonds. The molecule has 2 N–H and O–H groups in total. The maximum atomic E-state index is 6.45. The van der Waals surface area contributed by atoms with Gasteiger partial charge in [0.15, 0.2) is 0 Å². The van der Waals surface area contributed by atoms with Crippen LogP contribution in [0.4, 0.5) is 5.69 Å². The molecular weight excluding hydrogens is 328 g/mol. The van der Waals surface area contributed by atoms with E-state index >= 15 is 0 Å². The van der Waals surface area contributed by atoms with Crippen LogP contribution in [0.15, 0.2) is 30.3 Å². The lowest BCUT2D eigenvalue weighted by molar-refractivity contribution is 0.396. The molecule has 26 heavy (non-hydrogen) atoms. The average molecular weight is 354 g/mol. The molecule has 0 bridgehead atoms. The number of rotatable bonds is 6. The Kier molecular flexibility index (Phi) is 5.04. The highest BCUT2D eigenvalue weighted by Crippen LogP contribution is 2.39. The summed E-state index contributed by atoms with van der Waals surface area (Å²) in [6.45, 7) is 2.85. The number of aryl methyl sites for hydroxylation is 1. The van der Waals surface area contributed by atoms with Crippen molar-refractivity contribution >= 4 is 11.2 Å². The maximum Gasteiger partial charge on any atom is 0.132 e. The topological polar surface area (TPSA) is 65.0 Å². The fourth-order valence-corrected chi connectivity index (χ4v) is 3.31. The van der Waals surface area contributed by atoms with Crippen molar-refractivity contribution in [2.24, 2.45) is 0 Å². The smallest absolute Gasteiger partial charge is 0.132 e. The Morgan fingerprint density at radius 3 is 2.27 bits per heavy atom. The van der Waals surface area contributed by atoms with Crippen LogP contribution in [0.3, 0.4) is 0 Å². The van der Waals surface area contributed by atoms with Crippen molar-refractivity contribution in [2.75, 3.05) is 34.0 Å². The van der Waals surface area contributed by atoms with Gasteiger partial charge in [-0.3, -0.25) is 0 Å². The molecule has 0 aliphatic rings. The van der Waals surface area contributed by atoms with Gasteiger partial charge in [0.2, 0.25) is 0 Å². The van der Waals surface area contributed by atoms with E-state index in [1.807, 2.05) is 36.8 Å². The molecule has 6 nitrogen and oxygen atoms in total. The summed E-state index contributed by atoms with van der Waals surface area (Å²) in [5, 5.41) is 4.79. The third-order valence-electron chi connectivity index (χ3n) is 4.48. The minimum absolute atomic E-state index is 0.734. The average Bonchev–Trinajstić information content (AvgIpc) is 2.98. The van der Waals surface area contributed by atoms with Crippen LogP contribution in [-0.2, 0) is 13.0 Å². The Bertz CT molecular complexity index is 909. The highest BCUT2D eigenvalue weighted by atomic mass is 16.5. The number of methoxy groups -OCH3 is 2. The zero-order chi connectivity index (χ0) is 18.8. The van der Waals surface area contributed by atoms with E-state index < -0.39 is 0 Å². The van der Waals surface area contributed by atoms with E-state index in [2.05, 4.69) is 24.0 Å². The first-order valence-electron chi connectivity index (χ1n) is 8.66. The quantitative estimate of drug-likeness (QED) is 0.736. The van der Waals surface area contributed by atoms with Crippen LogP contribution in [-0.4, -0.2) is 42.8 Å². The first-order chi connectivity index (χ1) is 12.5. The number of anilines is 1. The standard InChI is InChI=1S/C20H26N4O2/c1-6-14-19(21)20-13(12-23(2)3)10-11-15(24(20)22-14)18-16(25-4)8-7-9-17(18)26-5/h7-11H,6,12,21H2,1-5H3. The van der Waals surface area contributed by atoms with Crippen LogP contribution in [0.1, 0.15) is 18.2 Å². The van der Waals surface area contributed by atoms with Crippen molar-refractivity contribution in [1.29, 1.82) is 0 Å². The van der Waals surface area contributed by atoms with Gasteiger partial charge in [0.1, 0.15) is 11.5 Å².